The first kappa shape index (κ1) is 12.9. The fraction of sp³-hybridized carbons (Fsp3) is 1.00. The van der Waals surface area contributed by atoms with Crippen LogP contribution in [0.3, 0.4) is 0 Å². The van der Waals surface area contributed by atoms with Crippen LogP contribution >= 0.6 is 0 Å². The van der Waals surface area contributed by atoms with E-state index in [0.717, 1.165) is 26.2 Å². The third-order valence-corrected chi connectivity index (χ3v) is 2.04. The molecular weight excluding hydrogens is 162 g/mol. The SMILES string of the molecule is CCCCCCNCCNCC[NH3+]. The molecule has 0 amide bonds. The molecule has 0 saturated heterocycles. The Kier molecular flexibility index (Phi) is 11.8. The Morgan fingerprint density at radius 1 is 0.846 bits per heavy atom. The molecule has 0 aliphatic rings. The topological polar surface area (TPSA) is 51.7 Å². The van der Waals surface area contributed by atoms with Gasteiger partial charge in [0.2, 0.25) is 0 Å². The smallest absolute Gasteiger partial charge is 0.0866 e. The molecule has 0 saturated carbocycles. The molecule has 0 bridgehead atoms. The van der Waals surface area contributed by atoms with E-state index in [-0.39, 0.29) is 0 Å². The predicted octanol–water partition coefficient (Wildman–Crippen LogP) is -0.0122. The minimum Gasteiger partial charge on any atom is -0.357 e. The fourth-order valence-electron chi connectivity index (χ4n) is 1.23. The van der Waals surface area contributed by atoms with E-state index in [2.05, 4.69) is 23.3 Å². The van der Waals surface area contributed by atoms with Gasteiger partial charge in [0, 0.05) is 19.6 Å². The van der Waals surface area contributed by atoms with Crippen molar-refractivity contribution in [3.63, 3.8) is 0 Å². The van der Waals surface area contributed by atoms with Gasteiger partial charge in [-0.1, -0.05) is 26.2 Å². The van der Waals surface area contributed by atoms with E-state index >= 15 is 0 Å². The lowest BCUT2D eigenvalue weighted by atomic mass is 10.2. The first-order chi connectivity index (χ1) is 6.41. The molecule has 0 aromatic rings. The van der Waals surface area contributed by atoms with Gasteiger partial charge in [0.05, 0.1) is 6.54 Å². The predicted molar refractivity (Wildman–Crippen MR) is 57.6 cm³/mol. The molecule has 3 nitrogen and oxygen atoms in total. The summed E-state index contributed by atoms with van der Waals surface area (Å²) in [4.78, 5) is 0. The summed E-state index contributed by atoms with van der Waals surface area (Å²) in [6.45, 7) is 7.60. The zero-order valence-electron chi connectivity index (χ0n) is 9.07. The van der Waals surface area contributed by atoms with Gasteiger partial charge in [-0.05, 0) is 13.0 Å². The monoisotopic (exact) mass is 188 g/mol. The summed E-state index contributed by atoms with van der Waals surface area (Å²) < 4.78 is 0. The van der Waals surface area contributed by atoms with Crippen LogP contribution < -0.4 is 16.4 Å². The molecule has 0 rings (SSSR count). The van der Waals surface area contributed by atoms with Crippen molar-refractivity contribution in [2.75, 3.05) is 32.7 Å². The quantitative estimate of drug-likeness (QED) is 0.422. The largest absolute Gasteiger partial charge is 0.357 e. The average molecular weight is 188 g/mol. The maximum absolute atomic E-state index is 3.77. The van der Waals surface area contributed by atoms with Gasteiger partial charge in [-0.15, -0.1) is 0 Å². The zero-order chi connectivity index (χ0) is 9.78. The average Bonchev–Trinajstić information content (AvgIpc) is 2.16. The molecule has 0 aliphatic heterocycles. The lowest BCUT2D eigenvalue weighted by Crippen LogP contribution is -2.54. The van der Waals surface area contributed by atoms with Crippen LogP contribution in [-0.4, -0.2) is 32.7 Å². The summed E-state index contributed by atoms with van der Waals surface area (Å²) >= 11 is 0. The van der Waals surface area contributed by atoms with E-state index in [4.69, 9.17) is 0 Å². The summed E-state index contributed by atoms with van der Waals surface area (Å²) in [6, 6.07) is 0. The summed E-state index contributed by atoms with van der Waals surface area (Å²) in [7, 11) is 0. The Bertz CT molecular complexity index is 76.2. The Morgan fingerprint density at radius 2 is 1.54 bits per heavy atom. The molecule has 0 aromatic carbocycles. The van der Waals surface area contributed by atoms with Crippen LogP contribution in [0, 0.1) is 0 Å². The molecule has 13 heavy (non-hydrogen) atoms. The molecule has 0 aliphatic carbocycles. The van der Waals surface area contributed by atoms with Crippen molar-refractivity contribution >= 4 is 0 Å². The molecule has 0 fully saturated rings. The molecule has 3 heteroatoms. The van der Waals surface area contributed by atoms with Gasteiger partial charge in [-0.3, -0.25) is 0 Å². The molecule has 0 unspecified atom stereocenters. The van der Waals surface area contributed by atoms with Gasteiger partial charge in [0.15, 0.2) is 0 Å². The number of unbranched alkanes of at least 4 members (excludes halogenated alkanes) is 3. The third-order valence-electron chi connectivity index (χ3n) is 2.04. The molecule has 80 valence electrons. The summed E-state index contributed by atoms with van der Waals surface area (Å²) in [6.07, 6.45) is 5.39. The normalized spacial score (nSPS) is 10.6. The molecule has 5 N–H and O–H groups in total. The molecule has 0 heterocycles. The van der Waals surface area contributed by atoms with Gasteiger partial charge in [0.25, 0.3) is 0 Å². The lowest BCUT2D eigenvalue weighted by Gasteiger charge is -2.04. The van der Waals surface area contributed by atoms with Crippen LogP contribution in [0.5, 0.6) is 0 Å². The van der Waals surface area contributed by atoms with Crippen molar-refractivity contribution < 1.29 is 5.73 Å². The van der Waals surface area contributed by atoms with Gasteiger partial charge < -0.3 is 16.4 Å². The minimum absolute atomic E-state index is 0.983. The maximum atomic E-state index is 3.77. The zero-order valence-corrected chi connectivity index (χ0v) is 9.07. The van der Waals surface area contributed by atoms with Crippen molar-refractivity contribution in [3.8, 4) is 0 Å². The lowest BCUT2D eigenvalue weighted by molar-refractivity contribution is -0.365. The molecule has 0 radical (unpaired) electrons. The van der Waals surface area contributed by atoms with Crippen molar-refractivity contribution in [3.05, 3.63) is 0 Å². The Hall–Kier alpha value is -0.120. The van der Waals surface area contributed by atoms with E-state index in [1.807, 2.05) is 0 Å². The number of rotatable bonds is 10. The highest BCUT2D eigenvalue weighted by Crippen LogP contribution is 1.96. The first-order valence-corrected chi connectivity index (χ1v) is 5.62. The Morgan fingerprint density at radius 3 is 2.15 bits per heavy atom. The van der Waals surface area contributed by atoms with E-state index < -0.39 is 0 Å². The number of hydrogen-bond acceptors (Lipinski definition) is 2. The van der Waals surface area contributed by atoms with Gasteiger partial charge in [0.1, 0.15) is 0 Å². The summed E-state index contributed by atoms with van der Waals surface area (Å²) in [5.74, 6) is 0. The van der Waals surface area contributed by atoms with E-state index in [9.17, 15) is 0 Å². The number of nitrogens with one attached hydrogen (secondary N) is 2. The second kappa shape index (κ2) is 11.9. The maximum Gasteiger partial charge on any atom is 0.0866 e. The van der Waals surface area contributed by atoms with E-state index in [1.54, 1.807) is 0 Å². The van der Waals surface area contributed by atoms with Crippen molar-refractivity contribution in [2.45, 2.75) is 32.6 Å². The Labute approximate surface area is 82.5 Å². The van der Waals surface area contributed by atoms with Crippen LogP contribution in [0.4, 0.5) is 0 Å². The van der Waals surface area contributed by atoms with Gasteiger partial charge >= 0.3 is 0 Å². The fourth-order valence-corrected chi connectivity index (χ4v) is 1.23. The van der Waals surface area contributed by atoms with Crippen LogP contribution in [0.25, 0.3) is 0 Å². The highest BCUT2D eigenvalue weighted by Gasteiger charge is 1.88. The second-order valence-electron chi connectivity index (χ2n) is 3.41. The highest BCUT2D eigenvalue weighted by molar-refractivity contribution is 4.51. The van der Waals surface area contributed by atoms with E-state index in [0.29, 0.717) is 0 Å². The first-order valence-electron chi connectivity index (χ1n) is 5.62. The molecule has 0 aromatic heterocycles. The summed E-state index contributed by atoms with van der Waals surface area (Å²) in [5, 5.41) is 6.73. The standard InChI is InChI=1S/C10H25N3/c1-2-3-4-5-7-12-9-10-13-8-6-11/h12-13H,2-11H2,1H3/p+1. The third kappa shape index (κ3) is 11.9. The van der Waals surface area contributed by atoms with Crippen LogP contribution in [0.1, 0.15) is 32.6 Å². The van der Waals surface area contributed by atoms with Gasteiger partial charge in [-0.2, -0.15) is 0 Å². The molecule has 0 atom stereocenters. The van der Waals surface area contributed by atoms with Crippen molar-refractivity contribution in [1.29, 1.82) is 0 Å². The number of quaternary nitrogens is 1. The van der Waals surface area contributed by atoms with Crippen molar-refractivity contribution in [1.82, 2.24) is 10.6 Å². The van der Waals surface area contributed by atoms with Crippen molar-refractivity contribution in [2.24, 2.45) is 0 Å². The second-order valence-corrected chi connectivity index (χ2v) is 3.41. The molecular formula is C10H26N3+. The van der Waals surface area contributed by atoms with Crippen LogP contribution in [0.2, 0.25) is 0 Å². The van der Waals surface area contributed by atoms with Gasteiger partial charge in [-0.25, -0.2) is 0 Å². The highest BCUT2D eigenvalue weighted by atomic mass is 14.9. The van der Waals surface area contributed by atoms with Crippen LogP contribution in [-0.2, 0) is 0 Å². The minimum atomic E-state index is 0.983. The number of hydrogen-bond donors (Lipinski definition) is 3. The molecule has 0 spiro atoms. The van der Waals surface area contributed by atoms with Crippen LogP contribution in [0.15, 0.2) is 0 Å². The van der Waals surface area contributed by atoms with E-state index in [1.165, 1.54) is 32.2 Å². The Balaban J connectivity index is 2.76. The summed E-state index contributed by atoms with van der Waals surface area (Å²) in [5.41, 5.74) is 3.77.